The zero-order valence-electron chi connectivity index (χ0n) is 14.2. The number of thiophene rings is 1. The lowest BCUT2D eigenvalue weighted by atomic mass is 10.2. The summed E-state index contributed by atoms with van der Waals surface area (Å²) in [7, 11) is 0. The standard InChI is InChI=1S/C17H21N3O4S/c1-3-5-6-13(17(22)23-4-2)18-14(21)7-8-15-19-20-16(24-15)12-9-10-25-11-12/h3,5,9-11,13H,4,6-8H2,1-2H3,(H,18,21)/b5-3-. The summed E-state index contributed by atoms with van der Waals surface area (Å²) in [5.74, 6) is 0.121. The molecule has 2 heterocycles. The van der Waals surface area contributed by atoms with E-state index in [4.69, 9.17) is 9.15 Å². The number of allylic oxidation sites excluding steroid dienone is 1. The molecule has 0 saturated heterocycles. The molecule has 0 radical (unpaired) electrons. The van der Waals surface area contributed by atoms with Gasteiger partial charge in [0.15, 0.2) is 0 Å². The summed E-state index contributed by atoms with van der Waals surface area (Å²) in [5, 5.41) is 14.4. The van der Waals surface area contributed by atoms with Crippen LogP contribution in [-0.2, 0) is 20.7 Å². The number of hydrogen-bond donors (Lipinski definition) is 1. The SMILES string of the molecule is C/C=C\CC(NC(=O)CCc1nnc(-c2ccsc2)o1)C(=O)OCC. The van der Waals surface area contributed by atoms with E-state index in [0.717, 1.165) is 5.56 Å². The number of ether oxygens (including phenoxy) is 1. The number of aromatic nitrogens is 2. The van der Waals surface area contributed by atoms with Crippen LogP contribution in [-0.4, -0.2) is 34.7 Å². The molecule has 2 aromatic rings. The van der Waals surface area contributed by atoms with Crippen LogP contribution in [0.3, 0.4) is 0 Å². The first-order chi connectivity index (χ1) is 12.1. The fraction of sp³-hybridized carbons (Fsp3) is 0.412. The molecule has 7 nitrogen and oxygen atoms in total. The van der Waals surface area contributed by atoms with Crippen LogP contribution < -0.4 is 5.32 Å². The van der Waals surface area contributed by atoms with Crippen molar-refractivity contribution in [2.45, 2.75) is 39.2 Å². The smallest absolute Gasteiger partial charge is 0.328 e. The number of amides is 1. The Kier molecular flexibility index (Phi) is 7.34. The van der Waals surface area contributed by atoms with Crippen LogP contribution in [0.25, 0.3) is 11.5 Å². The Balaban J connectivity index is 1.86. The number of aryl methyl sites for hydroxylation is 1. The molecule has 0 aliphatic heterocycles. The van der Waals surface area contributed by atoms with Crippen LogP contribution in [0, 0.1) is 0 Å². The largest absolute Gasteiger partial charge is 0.464 e. The number of carbonyl (C=O) groups is 2. The molecule has 0 saturated carbocycles. The zero-order valence-corrected chi connectivity index (χ0v) is 15.0. The maximum Gasteiger partial charge on any atom is 0.328 e. The van der Waals surface area contributed by atoms with Gasteiger partial charge >= 0.3 is 5.97 Å². The van der Waals surface area contributed by atoms with Gasteiger partial charge in [0.05, 0.1) is 6.61 Å². The van der Waals surface area contributed by atoms with Crippen LogP contribution in [0.5, 0.6) is 0 Å². The van der Waals surface area contributed by atoms with E-state index in [1.807, 2.05) is 35.9 Å². The fourth-order valence-corrected chi connectivity index (χ4v) is 2.70. The Morgan fingerprint density at radius 3 is 2.96 bits per heavy atom. The van der Waals surface area contributed by atoms with E-state index in [9.17, 15) is 9.59 Å². The Bertz CT molecular complexity index is 709. The number of nitrogens with zero attached hydrogens (tertiary/aromatic N) is 2. The summed E-state index contributed by atoms with van der Waals surface area (Å²) in [6, 6.07) is 1.20. The van der Waals surface area contributed by atoms with E-state index in [1.54, 1.807) is 18.3 Å². The molecule has 2 aromatic heterocycles. The monoisotopic (exact) mass is 363 g/mol. The minimum atomic E-state index is -0.687. The second kappa shape index (κ2) is 9.73. The molecule has 0 bridgehead atoms. The highest BCUT2D eigenvalue weighted by atomic mass is 32.1. The van der Waals surface area contributed by atoms with Crippen LogP contribution in [0.2, 0.25) is 0 Å². The van der Waals surface area contributed by atoms with Crippen molar-refractivity contribution in [3.8, 4) is 11.5 Å². The fourth-order valence-electron chi connectivity index (χ4n) is 2.07. The highest BCUT2D eigenvalue weighted by Crippen LogP contribution is 2.20. The lowest BCUT2D eigenvalue weighted by Gasteiger charge is -2.15. The molecule has 25 heavy (non-hydrogen) atoms. The van der Waals surface area contributed by atoms with Gasteiger partial charge in [0.25, 0.3) is 0 Å². The van der Waals surface area contributed by atoms with E-state index in [1.165, 1.54) is 0 Å². The molecular weight excluding hydrogens is 342 g/mol. The average Bonchev–Trinajstić information content (AvgIpc) is 3.27. The predicted molar refractivity (Wildman–Crippen MR) is 93.9 cm³/mol. The molecule has 1 atom stereocenters. The molecule has 1 amide bonds. The summed E-state index contributed by atoms with van der Waals surface area (Å²) < 4.78 is 10.5. The van der Waals surface area contributed by atoms with Gasteiger partial charge in [-0.25, -0.2) is 4.79 Å². The third-order valence-corrected chi connectivity index (χ3v) is 4.00. The Morgan fingerprint density at radius 2 is 2.28 bits per heavy atom. The van der Waals surface area contributed by atoms with Gasteiger partial charge in [-0.2, -0.15) is 11.3 Å². The second-order valence-corrected chi connectivity index (χ2v) is 5.97. The molecule has 0 aliphatic carbocycles. The predicted octanol–water partition coefficient (Wildman–Crippen LogP) is 2.74. The normalized spacial score (nSPS) is 12.2. The van der Waals surface area contributed by atoms with Crippen molar-refractivity contribution in [2.75, 3.05) is 6.61 Å². The number of esters is 1. The van der Waals surface area contributed by atoms with Crippen LogP contribution in [0.1, 0.15) is 32.6 Å². The Hall–Kier alpha value is -2.48. The number of nitrogens with one attached hydrogen (secondary N) is 1. The zero-order chi connectivity index (χ0) is 18.1. The summed E-state index contributed by atoms with van der Waals surface area (Å²) in [6.45, 7) is 3.85. The molecule has 0 spiro atoms. The Morgan fingerprint density at radius 1 is 1.44 bits per heavy atom. The number of rotatable bonds is 9. The lowest BCUT2D eigenvalue weighted by Crippen LogP contribution is -2.41. The van der Waals surface area contributed by atoms with Crippen molar-refractivity contribution in [2.24, 2.45) is 0 Å². The topological polar surface area (TPSA) is 94.3 Å². The van der Waals surface area contributed by atoms with Gasteiger partial charge in [-0.1, -0.05) is 12.2 Å². The lowest BCUT2D eigenvalue weighted by molar-refractivity contribution is -0.147. The number of hydrogen-bond acceptors (Lipinski definition) is 7. The molecule has 1 unspecified atom stereocenters. The van der Waals surface area contributed by atoms with Gasteiger partial charge in [-0.05, 0) is 31.7 Å². The first-order valence-electron chi connectivity index (χ1n) is 8.06. The van der Waals surface area contributed by atoms with Crippen molar-refractivity contribution >= 4 is 23.2 Å². The highest BCUT2D eigenvalue weighted by Gasteiger charge is 2.21. The van der Waals surface area contributed by atoms with Crippen molar-refractivity contribution in [1.29, 1.82) is 0 Å². The summed E-state index contributed by atoms with van der Waals surface area (Å²) in [6.07, 6.45) is 4.48. The van der Waals surface area contributed by atoms with E-state index in [0.29, 0.717) is 24.6 Å². The van der Waals surface area contributed by atoms with E-state index >= 15 is 0 Å². The third kappa shape index (κ3) is 5.82. The minimum absolute atomic E-state index is 0.150. The molecule has 2 rings (SSSR count). The van der Waals surface area contributed by atoms with Crippen LogP contribution >= 0.6 is 11.3 Å². The molecule has 0 fully saturated rings. The van der Waals surface area contributed by atoms with E-state index in [2.05, 4.69) is 15.5 Å². The maximum atomic E-state index is 12.1. The minimum Gasteiger partial charge on any atom is -0.464 e. The first kappa shape index (κ1) is 18.9. The molecule has 8 heteroatoms. The van der Waals surface area contributed by atoms with Gasteiger partial charge < -0.3 is 14.5 Å². The second-order valence-electron chi connectivity index (χ2n) is 5.19. The average molecular weight is 363 g/mol. The summed E-state index contributed by atoms with van der Waals surface area (Å²) >= 11 is 1.54. The van der Waals surface area contributed by atoms with E-state index < -0.39 is 12.0 Å². The Labute approximate surface area is 150 Å². The van der Waals surface area contributed by atoms with Crippen LogP contribution in [0.4, 0.5) is 0 Å². The molecule has 1 N–H and O–H groups in total. The quantitative estimate of drug-likeness (QED) is 0.544. The first-order valence-corrected chi connectivity index (χ1v) is 9.00. The van der Waals surface area contributed by atoms with Gasteiger partial charge in [-0.3, -0.25) is 4.79 Å². The van der Waals surface area contributed by atoms with Gasteiger partial charge in [-0.15, -0.1) is 10.2 Å². The third-order valence-electron chi connectivity index (χ3n) is 3.31. The molecular formula is C17H21N3O4S. The molecule has 0 aromatic carbocycles. The van der Waals surface area contributed by atoms with Crippen molar-refractivity contribution in [3.63, 3.8) is 0 Å². The van der Waals surface area contributed by atoms with Gasteiger partial charge in [0.1, 0.15) is 6.04 Å². The summed E-state index contributed by atoms with van der Waals surface area (Å²) in [4.78, 5) is 24.0. The van der Waals surface area contributed by atoms with Gasteiger partial charge in [0.2, 0.25) is 17.7 Å². The van der Waals surface area contributed by atoms with E-state index in [-0.39, 0.29) is 18.9 Å². The summed E-state index contributed by atoms with van der Waals surface area (Å²) in [5.41, 5.74) is 0.863. The van der Waals surface area contributed by atoms with Crippen molar-refractivity contribution in [3.05, 3.63) is 34.9 Å². The maximum absolute atomic E-state index is 12.1. The molecule has 0 aliphatic rings. The number of carbonyl (C=O) groups excluding carboxylic acids is 2. The van der Waals surface area contributed by atoms with Crippen molar-refractivity contribution in [1.82, 2.24) is 15.5 Å². The van der Waals surface area contributed by atoms with Gasteiger partial charge in [0, 0.05) is 23.8 Å². The molecule has 134 valence electrons. The van der Waals surface area contributed by atoms with Crippen molar-refractivity contribution < 1.29 is 18.7 Å². The van der Waals surface area contributed by atoms with Crippen LogP contribution in [0.15, 0.2) is 33.4 Å². The highest BCUT2D eigenvalue weighted by molar-refractivity contribution is 7.08.